The van der Waals surface area contributed by atoms with Crippen LogP contribution in [-0.4, -0.2) is 27.4 Å². The average Bonchev–Trinajstić information content (AvgIpc) is 2.14. The Morgan fingerprint density at radius 1 is 1.50 bits per heavy atom. The largest absolute Gasteiger partial charge is 0.487 e. The molecule has 0 fully saturated rings. The molecule has 2 N–H and O–H groups in total. The minimum Gasteiger partial charge on any atom is -0.487 e. The van der Waals surface area contributed by atoms with Crippen LogP contribution in [0.15, 0.2) is 12.1 Å². The number of pyridine rings is 1. The second-order valence-electron chi connectivity index (χ2n) is 4.30. The van der Waals surface area contributed by atoms with E-state index in [0.29, 0.717) is 11.4 Å². The van der Waals surface area contributed by atoms with Crippen LogP contribution >= 0.6 is 11.6 Å². The van der Waals surface area contributed by atoms with Gasteiger partial charge >= 0.3 is 0 Å². The molecule has 1 aromatic rings. The minimum atomic E-state index is -0.924. The van der Waals surface area contributed by atoms with Crippen LogP contribution in [0.4, 0.5) is 0 Å². The van der Waals surface area contributed by atoms with Crippen molar-refractivity contribution in [2.45, 2.75) is 32.5 Å². The van der Waals surface area contributed by atoms with Gasteiger partial charge in [-0.2, -0.15) is 0 Å². The van der Waals surface area contributed by atoms with Gasteiger partial charge in [0, 0.05) is 0 Å². The van der Waals surface area contributed by atoms with Gasteiger partial charge in [0.05, 0.1) is 17.4 Å². The molecule has 0 saturated heterocycles. The fraction of sp³-hybridized carbons (Fsp3) is 0.545. The average molecular weight is 246 g/mol. The minimum absolute atomic E-state index is 0.127. The first-order valence-electron chi connectivity index (χ1n) is 4.99. The van der Waals surface area contributed by atoms with E-state index in [-0.39, 0.29) is 11.8 Å². The molecular formula is C11H16ClNO3. The Bertz CT molecular complexity index is 361. The Morgan fingerprint density at radius 2 is 2.12 bits per heavy atom. The number of rotatable bonds is 4. The highest BCUT2D eigenvalue weighted by atomic mass is 35.5. The Hall–Kier alpha value is -0.840. The number of aromatic nitrogens is 1. The molecule has 16 heavy (non-hydrogen) atoms. The monoisotopic (exact) mass is 245 g/mol. The van der Waals surface area contributed by atoms with Crippen molar-refractivity contribution < 1.29 is 14.9 Å². The molecule has 90 valence electrons. The predicted molar refractivity (Wildman–Crippen MR) is 61.7 cm³/mol. The number of hydrogen-bond donors (Lipinski definition) is 2. The standard InChI is InChI=1S/C11H16ClNO3/c1-7(14)8-4-5-9(10(12)13-8)16-6-11(2,3)15/h4-5,7,14-15H,6H2,1-3H3. The molecule has 4 nitrogen and oxygen atoms in total. The molecule has 0 aliphatic rings. The van der Waals surface area contributed by atoms with Crippen LogP contribution in [0.1, 0.15) is 32.6 Å². The van der Waals surface area contributed by atoms with Gasteiger partial charge in [0.25, 0.3) is 0 Å². The van der Waals surface area contributed by atoms with Gasteiger partial charge in [0.1, 0.15) is 6.61 Å². The van der Waals surface area contributed by atoms with Crippen molar-refractivity contribution in [1.82, 2.24) is 4.98 Å². The van der Waals surface area contributed by atoms with E-state index < -0.39 is 11.7 Å². The van der Waals surface area contributed by atoms with Gasteiger partial charge in [-0.05, 0) is 32.9 Å². The molecule has 1 aromatic heterocycles. The predicted octanol–water partition coefficient (Wildman–Crippen LogP) is 1.94. The smallest absolute Gasteiger partial charge is 0.171 e. The lowest BCUT2D eigenvalue weighted by Gasteiger charge is -2.18. The summed E-state index contributed by atoms with van der Waals surface area (Å²) in [7, 11) is 0. The summed E-state index contributed by atoms with van der Waals surface area (Å²) in [5.74, 6) is 0.396. The molecule has 0 aliphatic heterocycles. The summed E-state index contributed by atoms with van der Waals surface area (Å²) in [6, 6.07) is 3.26. The maximum Gasteiger partial charge on any atom is 0.171 e. The Kier molecular flexibility index (Phi) is 4.13. The topological polar surface area (TPSA) is 62.6 Å². The van der Waals surface area contributed by atoms with E-state index >= 15 is 0 Å². The van der Waals surface area contributed by atoms with Crippen molar-refractivity contribution in [3.8, 4) is 5.75 Å². The number of ether oxygens (including phenoxy) is 1. The van der Waals surface area contributed by atoms with Crippen molar-refractivity contribution in [1.29, 1.82) is 0 Å². The zero-order valence-electron chi connectivity index (χ0n) is 9.57. The Morgan fingerprint density at radius 3 is 2.56 bits per heavy atom. The lowest BCUT2D eigenvalue weighted by atomic mass is 10.2. The van der Waals surface area contributed by atoms with Gasteiger partial charge in [-0.3, -0.25) is 0 Å². The van der Waals surface area contributed by atoms with E-state index in [1.165, 1.54) is 0 Å². The van der Waals surface area contributed by atoms with Crippen LogP contribution in [0.25, 0.3) is 0 Å². The van der Waals surface area contributed by atoms with E-state index in [4.69, 9.17) is 16.3 Å². The third kappa shape index (κ3) is 3.96. The summed E-state index contributed by atoms with van der Waals surface area (Å²) in [6.45, 7) is 5.01. The number of aliphatic hydroxyl groups excluding tert-OH is 1. The zero-order valence-corrected chi connectivity index (χ0v) is 10.3. The van der Waals surface area contributed by atoms with Gasteiger partial charge in [0.15, 0.2) is 10.9 Å². The summed E-state index contributed by atoms with van der Waals surface area (Å²) < 4.78 is 5.31. The lowest BCUT2D eigenvalue weighted by molar-refractivity contribution is 0.0283. The lowest BCUT2D eigenvalue weighted by Crippen LogP contribution is -2.28. The molecular weight excluding hydrogens is 230 g/mol. The molecule has 1 atom stereocenters. The maximum absolute atomic E-state index is 9.48. The fourth-order valence-corrected chi connectivity index (χ4v) is 1.25. The summed E-state index contributed by atoms with van der Waals surface area (Å²) in [5.41, 5.74) is -0.438. The second-order valence-corrected chi connectivity index (χ2v) is 4.66. The normalized spacial score (nSPS) is 13.6. The van der Waals surface area contributed by atoms with Gasteiger partial charge in [-0.25, -0.2) is 4.98 Å². The summed E-state index contributed by atoms with van der Waals surface area (Å²) in [5, 5.41) is 19.0. The number of halogens is 1. The molecule has 1 unspecified atom stereocenters. The molecule has 0 aromatic carbocycles. The van der Waals surface area contributed by atoms with E-state index in [9.17, 15) is 10.2 Å². The first-order chi connectivity index (χ1) is 7.29. The van der Waals surface area contributed by atoms with E-state index in [2.05, 4.69) is 4.98 Å². The molecule has 5 heteroatoms. The van der Waals surface area contributed by atoms with Crippen molar-refractivity contribution in [3.05, 3.63) is 23.0 Å². The van der Waals surface area contributed by atoms with Crippen LogP contribution in [0.2, 0.25) is 5.15 Å². The quantitative estimate of drug-likeness (QED) is 0.796. The van der Waals surface area contributed by atoms with Gasteiger partial charge in [-0.15, -0.1) is 0 Å². The van der Waals surface area contributed by atoms with Gasteiger partial charge in [0.2, 0.25) is 0 Å². The molecule has 0 amide bonds. The highest BCUT2D eigenvalue weighted by molar-refractivity contribution is 6.30. The van der Waals surface area contributed by atoms with Crippen LogP contribution < -0.4 is 4.74 Å². The van der Waals surface area contributed by atoms with E-state index in [1.54, 1.807) is 32.9 Å². The van der Waals surface area contributed by atoms with Crippen molar-refractivity contribution in [2.75, 3.05) is 6.61 Å². The molecule has 0 aliphatic carbocycles. The molecule has 1 rings (SSSR count). The SMILES string of the molecule is CC(O)c1ccc(OCC(C)(C)O)c(Cl)n1. The van der Waals surface area contributed by atoms with Crippen molar-refractivity contribution in [2.24, 2.45) is 0 Å². The van der Waals surface area contributed by atoms with E-state index in [1.807, 2.05) is 0 Å². The number of hydrogen-bond acceptors (Lipinski definition) is 4. The third-order valence-corrected chi connectivity index (χ3v) is 2.12. The van der Waals surface area contributed by atoms with Gasteiger partial charge in [-0.1, -0.05) is 11.6 Å². The first-order valence-corrected chi connectivity index (χ1v) is 5.37. The molecule has 1 heterocycles. The highest BCUT2D eigenvalue weighted by Crippen LogP contribution is 2.25. The van der Waals surface area contributed by atoms with Crippen LogP contribution in [0.3, 0.4) is 0 Å². The summed E-state index contributed by atoms with van der Waals surface area (Å²) in [4.78, 5) is 3.98. The second kappa shape index (κ2) is 4.99. The molecule has 0 spiro atoms. The molecule has 0 radical (unpaired) electrons. The van der Waals surface area contributed by atoms with Crippen LogP contribution in [0.5, 0.6) is 5.75 Å². The molecule has 0 bridgehead atoms. The summed E-state index contributed by atoms with van der Waals surface area (Å²) >= 11 is 5.87. The Balaban J connectivity index is 2.76. The first kappa shape index (κ1) is 13.2. The van der Waals surface area contributed by atoms with Crippen LogP contribution in [-0.2, 0) is 0 Å². The number of nitrogens with zero attached hydrogens (tertiary/aromatic N) is 1. The fourth-order valence-electron chi connectivity index (χ4n) is 1.03. The highest BCUT2D eigenvalue weighted by Gasteiger charge is 2.15. The Labute approximate surface area is 99.8 Å². The molecule has 0 saturated carbocycles. The van der Waals surface area contributed by atoms with Crippen molar-refractivity contribution >= 4 is 11.6 Å². The van der Waals surface area contributed by atoms with Gasteiger partial charge < -0.3 is 14.9 Å². The number of aliphatic hydroxyl groups is 2. The van der Waals surface area contributed by atoms with Crippen LogP contribution in [0, 0.1) is 0 Å². The van der Waals surface area contributed by atoms with E-state index in [0.717, 1.165) is 0 Å². The van der Waals surface area contributed by atoms with Crippen molar-refractivity contribution in [3.63, 3.8) is 0 Å². The maximum atomic E-state index is 9.48. The third-order valence-electron chi connectivity index (χ3n) is 1.84. The summed E-state index contributed by atoms with van der Waals surface area (Å²) in [6.07, 6.45) is -0.666. The zero-order chi connectivity index (χ0) is 12.3.